The molecule has 0 bridgehead atoms. The predicted molar refractivity (Wildman–Crippen MR) is 98.9 cm³/mol. The minimum atomic E-state index is -4.13. The Morgan fingerprint density at radius 3 is 2.39 bits per heavy atom. The molecule has 3 N–H and O–H groups in total. The Labute approximate surface area is 161 Å². The number of rotatable bonds is 7. The van der Waals surface area contributed by atoms with Gasteiger partial charge in [0.2, 0.25) is 10.0 Å². The molecule has 0 aromatic heterocycles. The summed E-state index contributed by atoms with van der Waals surface area (Å²) in [5.74, 6) is -2.22. The van der Waals surface area contributed by atoms with Crippen molar-refractivity contribution in [3.05, 3.63) is 53.8 Å². The molecule has 0 saturated carbocycles. The maximum absolute atomic E-state index is 13.9. The minimum absolute atomic E-state index is 0.443. The van der Waals surface area contributed by atoms with Crippen molar-refractivity contribution in [3.8, 4) is 5.75 Å². The molecule has 0 spiro atoms. The van der Waals surface area contributed by atoms with E-state index in [9.17, 15) is 22.4 Å². The van der Waals surface area contributed by atoms with Crippen LogP contribution in [-0.2, 0) is 19.6 Å². The van der Waals surface area contributed by atoms with Gasteiger partial charge in [0.05, 0.1) is 17.1 Å². The van der Waals surface area contributed by atoms with E-state index < -0.39 is 44.3 Å². The van der Waals surface area contributed by atoms with Crippen LogP contribution in [0.4, 0.5) is 10.1 Å². The van der Waals surface area contributed by atoms with E-state index in [0.717, 1.165) is 18.2 Å². The lowest BCUT2D eigenvalue weighted by Crippen LogP contribution is -2.30. The molecule has 0 aliphatic rings. The fourth-order valence-electron chi connectivity index (χ4n) is 2.16. The standard InChI is InChI=1S/C18H19FN2O6S/c1-3-26-13-6-4-12(5-7-13)21-17(22)11(2)27-18(23)15-10-14(28(20,24)25)8-9-16(15)19/h4-11H,3H2,1-2H3,(H,21,22)(H2,20,24,25)/t11-/m1/s1. The summed E-state index contributed by atoms with van der Waals surface area (Å²) in [5, 5.41) is 7.50. The lowest BCUT2D eigenvalue weighted by molar-refractivity contribution is -0.123. The van der Waals surface area contributed by atoms with Crippen LogP contribution in [0.5, 0.6) is 5.75 Å². The van der Waals surface area contributed by atoms with Gasteiger partial charge in [-0.15, -0.1) is 0 Å². The molecule has 0 saturated heterocycles. The highest BCUT2D eigenvalue weighted by molar-refractivity contribution is 7.89. The number of anilines is 1. The van der Waals surface area contributed by atoms with Crippen LogP contribution >= 0.6 is 0 Å². The van der Waals surface area contributed by atoms with Crippen LogP contribution in [0.1, 0.15) is 24.2 Å². The summed E-state index contributed by atoms with van der Waals surface area (Å²) in [6.45, 7) is 3.64. The number of hydrogen-bond acceptors (Lipinski definition) is 6. The first-order valence-electron chi connectivity index (χ1n) is 8.19. The van der Waals surface area contributed by atoms with Crippen molar-refractivity contribution in [3.63, 3.8) is 0 Å². The van der Waals surface area contributed by atoms with Crippen molar-refractivity contribution in [1.82, 2.24) is 0 Å². The molecule has 150 valence electrons. The molecule has 8 nitrogen and oxygen atoms in total. The van der Waals surface area contributed by atoms with E-state index in [2.05, 4.69) is 5.32 Å². The van der Waals surface area contributed by atoms with Gasteiger partial charge in [0.1, 0.15) is 11.6 Å². The largest absolute Gasteiger partial charge is 0.494 e. The Kier molecular flexibility index (Phi) is 6.71. The molecular weight excluding hydrogens is 391 g/mol. The number of hydrogen-bond donors (Lipinski definition) is 2. The maximum atomic E-state index is 13.9. The van der Waals surface area contributed by atoms with Gasteiger partial charge in [0.15, 0.2) is 6.10 Å². The molecule has 2 rings (SSSR count). The highest BCUT2D eigenvalue weighted by Crippen LogP contribution is 2.18. The van der Waals surface area contributed by atoms with Gasteiger partial charge in [-0.3, -0.25) is 4.79 Å². The fourth-order valence-corrected chi connectivity index (χ4v) is 2.70. The zero-order chi connectivity index (χ0) is 20.9. The summed E-state index contributed by atoms with van der Waals surface area (Å²) in [6.07, 6.45) is -1.27. The number of primary sulfonamides is 1. The van der Waals surface area contributed by atoms with Crippen molar-refractivity contribution < 1.29 is 31.9 Å². The van der Waals surface area contributed by atoms with Crippen LogP contribution in [0.15, 0.2) is 47.4 Å². The average molecular weight is 410 g/mol. The van der Waals surface area contributed by atoms with Crippen molar-refractivity contribution in [2.75, 3.05) is 11.9 Å². The monoisotopic (exact) mass is 410 g/mol. The van der Waals surface area contributed by atoms with Gasteiger partial charge in [-0.05, 0) is 56.3 Å². The summed E-state index contributed by atoms with van der Waals surface area (Å²) < 4.78 is 46.8. The molecule has 0 aliphatic carbocycles. The van der Waals surface area contributed by atoms with Crippen molar-refractivity contribution >= 4 is 27.6 Å². The van der Waals surface area contributed by atoms with E-state index in [4.69, 9.17) is 14.6 Å². The molecule has 0 unspecified atom stereocenters. The quantitative estimate of drug-likeness (QED) is 0.673. The molecule has 28 heavy (non-hydrogen) atoms. The second-order valence-electron chi connectivity index (χ2n) is 5.68. The molecule has 2 aromatic rings. The zero-order valence-corrected chi connectivity index (χ0v) is 16.0. The van der Waals surface area contributed by atoms with Crippen LogP contribution in [-0.4, -0.2) is 33.0 Å². The number of esters is 1. The topological polar surface area (TPSA) is 125 Å². The number of carbonyl (C=O) groups excluding carboxylic acids is 2. The number of halogens is 1. The van der Waals surface area contributed by atoms with E-state index >= 15 is 0 Å². The lowest BCUT2D eigenvalue weighted by atomic mass is 10.2. The smallest absolute Gasteiger partial charge is 0.341 e. The number of benzene rings is 2. The third-order valence-corrected chi connectivity index (χ3v) is 4.48. The summed E-state index contributed by atoms with van der Waals surface area (Å²) in [7, 11) is -4.13. The number of amides is 1. The highest BCUT2D eigenvalue weighted by atomic mass is 32.2. The van der Waals surface area contributed by atoms with E-state index in [0.29, 0.717) is 18.0 Å². The van der Waals surface area contributed by atoms with Crippen LogP contribution in [0.3, 0.4) is 0 Å². The van der Waals surface area contributed by atoms with Gasteiger partial charge in [-0.25, -0.2) is 22.7 Å². The maximum Gasteiger partial charge on any atom is 0.341 e. The first-order chi connectivity index (χ1) is 13.1. The summed E-state index contributed by atoms with van der Waals surface area (Å²) in [6, 6.07) is 8.97. The number of nitrogens with two attached hydrogens (primary N) is 1. The summed E-state index contributed by atoms with van der Waals surface area (Å²) >= 11 is 0. The van der Waals surface area contributed by atoms with Crippen molar-refractivity contribution in [2.24, 2.45) is 5.14 Å². The van der Waals surface area contributed by atoms with E-state index in [1.807, 2.05) is 6.92 Å². The molecule has 0 heterocycles. The van der Waals surface area contributed by atoms with Crippen molar-refractivity contribution in [1.29, 1.82) is 0 Å². The highest BCUT2D eigenvalue weighted by Gasteiger charge is 2.23. The third kappa shape index (κ3) is 5.51. The zero-order valence-electron chi connectivity index (χ0n) is 15.1. The van der Waals surface area contributed by atoms with Gasteiger partial charge < -0.3 is 14.8 Å². The van der Waals surface area contributed by atoms with Crippen LogP contribution < -0.4 is 15.2 Å². The second kappa shape index (κ2) is 8.81. The molecule has 2 aromatic carbocycles. The molecular formula is C18H19FN2O6S. The second-order valence-corrected chi connectivity index (χ2v) is 7.24. The van der Waals surface area contributed by atoms with Crippen LogP contribution in [0.2, 0.25) is 0 Å². The van der Waals surface area contributed by atoms with E-state index in [1.165, 1.54) is 6.92 Å². The van der Waals surface area contributed by atoms with Gasteiger partial charge in [0.25, 0.3) is 5.91 Å². The molecule has 0 radical (unpaired) electrons. The van der Waals surface area contributed by atoms with Gasteiger partial charge in [-0.2, -0.15) is 0 Å². The Hall–Kier alpha value is -2.98. The molecule has 10 heteroatoms. The first kappa shape index (κ1) is 21.3. The summed E-state index contributed by atoms with van der Waals surface area (Å²) in [5.41, 5.74) is -0.203. The predicted octanol–water partition coefficient (Wildman–Crippen LogP) is 2.06. The third-order valence-electron chi connectivity index (χ3n) is 3.57. The lowest BCUT2D eigenvalue weighted by Gasteiger charge is -2.14. The number of nitrogens with one attached hydrogen (secondary N) is 1. The minimum Gasteiger partial charge on any atom is -0.494 e. The first-order valence-corrected chi connectivity index (χ1v) is 9.73. The Morgan fingerprint density at radius 1 is 1.18 bits per heavy atom. The normalized spacial score (nSPS) is 12.1. The van der Waals surface area contributed by atoms with Crippen LogP contribution in [0.25, 0.3) is 0 Å². The van der Waals surface area contributed by atoms with Crippen molar-refractivity contribution in [2.45, 2.75) is 24.8 Å². The molecule has 0 aliphatic heterocycles. The van der Waals surface area contributed by atoms with E-state index in [-0.39, 0.29) is 0 Å². The van der Waals surface area contributed by atoms with Gasteiger partial charge in [0, 0.05) is 5.69 Å². The molecule has 1 atom stereocenters. The number of ether oxygens (including phenoxy) is 2. The molecule has 1 amide bonds. The Balaban J connectivity index is 2.06. The van der Waals surface area contributed by atoms with E-state index in [1.54, 1.807) is 24.3 Å². The van der Waals surface area contributed by atoms with Gasteiger partial charge in [-0.1, -0.05) is 0 Å². The fraction of sp³-hybridized carbons (Fsp3) is 0.222. The van der Waals surface area contributed by atoms with Crippen LogP contribution in [0, 0.1) is 5.82 Å². The summed E-state index contributed by atoms with van der Waals surface area (Å²) in [4.78, 5) is 23.9. The SMILES string of the molecule is CCOc1ccc(NC(=O)[C@@H](C)OC(=O)c2cc(S(N)(=O)=O)ccc2F)cc1. The Morgan fingerprint density at radius 2 is 1.82 bits per heavy atom. The number of sulfonamides is 1. The average Bonchev–Trinajstić information content (AvgIpc) is 2.62. The Bertz CT molecular complexity index is 976. The van der Waals surface area contributed by atoms with Gasteiger partial charge >= 0.3 is 5.97 Å². The number of carbonyl (C=O) groups is 2. The molecule has 0 fully saturated rings.